The topological polar surface area (TPSA) is 43.4 Å². The number of hydrogen-bond donors (Lipinski definition) is 0. The lowest BCUT2D eigenvalue weighted by Gasteiger charge is -2.19. The summed E-state index contributed by atoms with van der Waals surface area (Å²) in [7, 11) is 0. The monoisotopic (exact) mass is 236 g/mol. The van der Waals surface area contributed by atoms with Crippen LogP contribution in [-0.2, 0) is 14.3 Å². The zero-order chi connectivity index (χ0) is 13.0. The molecular weight excluding hydrogens is 216 g/mol. The molecule has 0 aromatic heterocycles. The van der Waals surface area contributed by atoms with Crippen molar-refractivity contribution in [1.29, 1.82) is 0 Å². The van der Waals surface area contributed by atoms with E-state index in [0.717, 1.165) is 0 Å². The largest absolute Gasteiger partial charge is 0.365 e. The average Bonchev–Trinajstić information content (AvgIpc) is 2.75. The molecule has 4 atom stereocenters. The van der Waals surface area contributed by atoms with Crippen LogP contribution >= 0.6 is 0 Å². The first-order valence-corrected chi connectivity index (χ1v) is 6.06. The first-order valence-electron chi connectivity index (χ1n) is 6.06. The average molecular weight is 236 g/mol. The molecule has 0 N–H and O–H groups in total. The minimum Gasteiger partial charge on any atom is -0.365 e. The molecule has 0 aliphatic carbocycles. The predicted octanol–water partition coefficient (Wildman–Crippen LogP) is 2.32. The van der Waals surface area contributed by atoms with Crippen LogP contribution in [0.5, 0.6) is 0 Å². The number of hydrogen-bond acceptors (Lipinski definition) is 3. The maximum absolute atomic E-state index is 12.0. The second-order valence-corrected chi connectivity index (χ2v) is 4.23. The van der Waals surface area contributed by atoms with Crippen molar-refractivity contribution < 1.29 is 14.3 Å². The van der Waals surface area contributed by atoms with Crippen LogP contribution < -0.4 is 0 Å². The van der Waals surface area contributed by atoms with Crippen LogP contribution in [0.1, 0.15) is 26.7 Å². The van der Waals surface area contributed by atoms with Gasteiger partial charge in [0, 0.05) is 12.8 Å². The normalized spacial score (nSPS) is 32.1. The van der Waals surface area contributed by atoms with Gasteiger partial charge < -0.3 is 4.74 Å². The number of carbonyl (C=O) groups is 2. The molecule has 0 aromatic rings. The van der Waals surface area contributed by atoms with Crippen molar-refractivity contribution in [3.63, 3.8) is 0 Å². The third-order valence-electron chi connectivity index (χ3n) is 3.31. The summed E-state index contributed by atoms with van der Waals surface area (Å²) in [5, 5.41) is 0. The number of rotatable bonds is 6. The van der Waals surface area contributed by atoms with Crippen LogP contribution in [0, 0.1) is 11.8 Å². The molecule has 0 bridgehead atoms. The summed E-state index contributed by atoms with van der Waals surface area (Å²) < 4.78 is 5.65. The SMILES string of the molecule is C=CC1OC(C=C)C(C(=O)CC)C1C(=O)CC. The molecule has 0 spiro atoms. The highest BCUT2D eigenvalue weighted by Gasteiger charge is 2.47. The van der Waals surface area contributed by atoms with Crippen molar-refractivity contribution in [3.05, 3.63) is 25.3 Å². The van der Waals surface area contributed by atoms with Crippen LogP contribution in [0.15, 0.2) is 25.3 Å². The van der Waals surface area contributed by atoms with Gasteiger partial charge in [-0.1, -0.05) is 26.0 Å². The van der Waals surface area contributed by atoms with E-state index in [4.69, 9.17) is 4.74 Å². The second-order valence-electron chi connectivity index (χ2n) is 4.23. The Morgan fingerprint density at radius 1 is 1.00 bits per heavy atom. The Kier molecular flexibility index (Phi) is 4.82. The van der Waals surface area contributed by atoms with Gasteiger partial charge in [0.15, 0.2) is 0 Å². The molecule has 1 rings (SSSR count). The van der Waals surface area contributed by atoms with Crippen molar-refractivity contribution in [2.45, 2.75) is 38.9 Å². The van der Waals surface area contributed by atoms with Gasteiger partial charge in [-0.2, -0.15) is 0 Å². The summed E-state index contributed by atoms with van der Waals surface area (Å²) in [6.07, 6.45) is 3.30. The molecule has 1 fully saturated rings. The van der Waals surface area contributed by atoms with Gasteiger partial charge in [-0.3, -0.25) is 9.59 Å². The molecule has 1 aliphatic rings. The second kappa shape index (κ2) is 5.92. The quantitative estimate of drug-likeness (QED) is 0.665. The Morgan fingerprint density at radius 2 is 1.35 bits per heavy atom. The number of Topliss-reactive ketones (excluding diaryl/α,β-unsaturated/α-hetero) is 2. The molecule has 1 aliphatic heterocycles. The van der Waals surface area contributed by atoms with Gasteiger partial charge in [-0.05, 0) is 0 Å². The lowest BCUT2D eigenvalue weighted by molar-refractivity contribution is -0.131. The third-order valence-corrected chi connectivity index (χ3v) is 3.31. The Balaban J connectivity index is 3.07. The van der Waals surface area contributed by atoms with Gasteiger partial charge in [0.2, 0.25) is 0 Å². The van der Waals surface area contributed by atoms with Gasteiger partial charge >= 0.3 is 0 Å². The molecule has 0 aromatic carbocycles. The van der Waals surface area contributed by atoms with Crippen LogP contribution in [0.4, 0.5) is 0 Å². The lowest BCUT2D eigenvalue weighted by atomic mass is 9.79. The highest BCUT2D eigenvalue weighted by molar-refractivity contribution is 5.91. The maximum atomic E-state index is 12.0. The van der Waals surface area contributed by atoms with E-state index in [1.165, 1.54) is 0 Å². The van der Waals surface area contributed by atoms with Gasteiger partial charge in [-0.15, -0.1) is 13.2 Å². The van der Waals surface area contributed by atoms with E-state index in [-0.39, 0.29) is 23.8 Å². The standard InChI is InChI=1S/C14H20O3/c1-5-9(15)13-11(7-3)17-12(8-4)14(13)10(16)6-2/h7-8,11-14H,3-6H2,1-2H3. The molecule has 94 valence electrons. The van der Waals surface area contributed by atoms with E-state index in [0.29, 0.717) is 12.8 Å². The molecule has 1 heterocycles. The first kappa shape index (κ1) is 13.8. The van der Waals surface area contributed by atoms with Crippen molar-refractivity contribution in [1.82, 2.24) is 0 Å². The van der Waals surface area contributed by atoms with E-state index >= 15 is 0 Å². The summed E-state index contributed by atoms with van der Waals surface area (Å²) in [4.78, 5) is 23.9. The summed E-state index contributed by atoms with van der Waals surface area (Å²) >= 11 is 0. The van der Waals surface area contributed by atoms with Crippen LogP contribution in [0.25, 0.3) is 0 Å². The fraction of sp³-hybridized carbons (Fsp3) is 0.571. The van der Waals surface area contributed by atoms with Gasteiger partial charge in [0.1, 0.15) is 11.6 Å². The third kappa shape index (κ3) is 2.55. The van der Waals surface area contributed by atoms with Crippen LogP contribution in [0.2, 0.25) is 0 Å². The van der Waals surface area contributed by atoms with Gasteiger partial charge in [0.25, 0.3) is 0 Å². The summed E-state index contributed by atoms with van der Waals surface area (Å²) in [5.74, 6) is -0.669. The fourth-order valence-corrected chi connectivity index (χ4v) is 2.40. The summed E-state index contributed by atoms with van der Waals surface area (Å²) in [5.41, 5.74) is 0. The highest BCUT2D eigenvalue weighted by Crippen LogP contribution is 2.36. The molecule has 1 saturated heterocycles. The number of carbonyl (C=O) groups excluding carboxylic acids is 2. The molecular formula is C14H20O3. The van der Waals surface area contributed by atoms with E-state index in [1.807, 2.05) is 0 Å². The zero-order valence-electron chi connectivity index (χ0n) is 10.5. The van der Waals surface area contributed by atoms with Crippen molar-refractivity contribution >= 4 is 11.6 Å². The molecule has 0 amide bonds. The summed E-state index contributed by atoms with van der Waals surface area (Å²) in [6, 6.07) is 0. The first-order chi connectivity index (χ1) is 8.10. The molecule has 0 radical (unpaired) electrons. The minimum atomic E-state index is -0.395. The Hall–Kier alpha value is -1.22. The maximum Gasteiger partial charge on any atom is 0.139 e. The van der Waals surface area contributed by atoms with Crippen LogP contribution in [-0.4, -0.2) is 23.8 Å². The lowest BCUT2D eigenvalue weighted by Crippen LogP contribution is -2.33. The van der Waals surface area contributed by atoms with E-state index < -0.39 is 11.8 Å². The van der Waals surface area contributed by atoms with Gasteiger partial charge in [-0.25, -0.2) is 0 Å². The predicted molar refractivity (Wildman–Crippen MR) is 66.6 cm³/mol. The Bertz CT molecular complexity index is 300. The molecule has 3 heteroatoms. The van der Waals surface area contributed by atoms with Crippen molar-refractivity contribution in [2.75, 3.05) is 0 Å². The molecule has 4 unspecified atom stereocenters. The number of ether oxygens (including phenoxy) is 1. The molecule has 0 saturated carbocycles. The zero-order valence-corrected chi connectivity index (χ0v) is 10.5. The molecule has 17 heavy (non-hydrogen) atoms. The van der Waals surface area contributed by atoms with Crippen molar-refractivity contribution in [2.24, 2.45) is 11.8 Å². The number of ketones is 2. The Morgan fingerprint density at radius 3 is 1.59 bits per heavy atom. The molecule has 3 nitrogen and oxygen atoms in total. The minimum absolute atomic E-state index is 0.0612. The highest BCUT2D eigenvalue weighted by atomic mass is 16.5. The van der Waals surface area contributed by atoms with Crippen molar-refractivity contribution in [3.8, 4) is 0 Å². The fourth-order valence-electron chi connectivity index (χ4n) is 2.40. The van der Waals surface area contributed by atoms with Crippen LogP contribution in [0.3, 0.4) is 0 Å². The van der Waals surface area contributed by atoms with E-state index in [2.05, 4.69) is 13.2 Å². The smallest absolute Gasteiger partial charge is 0.139 e. The van der Waals surface area contributed by atoms with E-state index in [1.54, 1.807) is 26.0 Å². The van der Waals surface area contributed by atoms with E-state index in [9.17, 15) is 9.59 Å². The van der Waals surface area contributed by atoms with Gasteiger partial charge in [0.05, 0.1) is 24.0 Å². The Labute approximate surface area is 103 Å². The summed E-state index contributed by atoms with van der Waals surface area (Å²) in [6.45, 7) is 11.0.